The normalized spacial score (nSPS) is 10.8. The number of anilines is 1. The number of hydrogen-bond donors (Lipinski definition) is 2. The van der Waals surface area contributed by atoms with Crippen LogP contribution >= 0.6 is 11.6 Å². The van der Waals surface area contributed by atoms with E-state index in [1.165, 1.54) is 5.56 Å². The Hall–Kier alpha value is -0.810. The van der Waals surface area contributed by atoms with Crippen LogP contribution in [0, 0.1) is 0 Å². The van der Waals surface area contributed by atoms with Gasteiger partial charge in [-0.1, -0.05) is 24.6 Å². The van der Waals surface area contributed by atoms with Crippen molar-refractivity contribution in [2.45, 2.75) is 19.9 Å². The van der Waals surface area contributed by atoms with Crippen LogP contribution in [0.2, 0.25) is 5.02 Å². The van der Waals surface area contributed by atoms with Crippen molar-refractivity contribution in [1.29, 1.82) is 0 Å². The molecule has 0 aliphatic carbocycles. The van der Waals surface area contributed by atoms with E-state index in [9.17, 15) is 0 Å². The quantitative estimate of drug-likeness (QED) is 0.651. The molecule has 0 radical (unpaired) electrons. The summed E-state index contributed by atoms with van der Waals surface area (Å²) in [5.74, 6) is 0. The molecule has 4 nitrogen and oxygen atoms in total. The molecule has 0 aromatic heterocycles. The second kappa shape index (κ2) is 10.00. The Bertz CT molecular complexity index is 388. The average molecular weight is 301 g/mol. The van der Waals surface area contributed by atoms with Gasteiger partial charge in [-0.05, 0) is 30.7 Å². The van der Waals surface area contributed by atoms with Crippen molar-refractivity contribution < 1.29 is 9.84 Å². The maximum Gasteiger partial charge on any atom is 0.0642 e. The Kier molecular flexibility index (Phi) is 8.62. The van der Waals surface area contributed by atoms with Crippen LogP contribution in [0.25, 0.3) is 0 Å². The third kappa shape index (κ3) is 5.67. The molecule has 0 aliphatic rings. The van der Waals surface area contributed by atoms with Crippen molar-refractivity contribution in [2.75, 3.05) is 44.9 Å². The highest BCUT2D eigenvalue weighted by Crippen LogP contribution is 2.26. The van der Waals surface area contributed by atoms with Gasteiger partial charge in [-0.15, -0.1) is 0 Å². The number of rotatable bonds is 10. The second-order valence-electron chi connectivity index (χ2n) is 4.67. The van der Waals surface area contributed by atoms with Crippen molar-refractivity contribution in [1.82, 2.24) is 5.32 Å². The molecule has 2 N–H and O–H groups in total. The maximum atomic E-state index is 9.15. The van der Waals surface area contributed by atoms with Crippen molar-refractivity contribution >= 4 is 17.3 Å². The molecule has 5 heteroatoms. The van der Waals surface area contributed by atoms with Gasteiger partial charge in [-0.2, -0.15) is 0 Å². The third-order valence-electron chi connectivity index (χ3n) is 3.04. The van der Waals surface area contributed by atoms with Crippen LogP contribution in [-0.4, -0.2) is 45.1 Å². The van der Waals surface area contributed by atoms with Crippen LogP contribution in [-0.2, 0) is 11.3 Å². The summed E-state index contributed by atoms with van der Waals surface area (Å²) >= 11 is 6.36. The molecule has 0 spiro atoms. The highest BCUT2D eigenvalue weighted by molar-refractivity contribution is 6.33. The minimum Gasteiger partial charge on any atom is -0.395 e. The summed E-state index contributed by atoms with van der Waals surface area (Å²) in [6.07, 6.45) is 1.12. The van der Waals surface area contributed by atoms with E-state index in [0.717, 1.165) is 25.2 Å². The molecule has 1 rings (SSSR count). The summed E-state index contributed by atoms with van der Waals surface area (Å²) in [7, 11) is 1.67. The zero-order valence-electron chi connectivity index (χ0n) is 12.4. The predicted octanol–water partition coefficient (Wildman–Crippen LogP) is 2.28. The molecule has 0 atom stereocenters. The lowest BCUT2D eigenvalue weighted by atomic mass is 10.2. The van der Waals surface area contributed by atoms with Crippen molar-refractivity contribution in [3.8, 4) is 0 Å². The minimum atomic E-state index is 0.0971. The van der Waals surface area contributed by atoms with E-state index in [0.29, 0.717) is 24.7 Å². The Morgan fingerprint density at radius 1 is 1.35 bits per heavy atom. The molecule has 1 aromatic carbocycles. The second-order valence-corrected chi connectivity index (χ2v) is 5.07. The highest BCUT2D eigenvalue weighted by Gasteiger charge is 2.10. The van der Waals surface area contributed by atoms with Crippen LogP contribution < -0.4 is 10.2 Å². The Morgan fingerprint density at radius 2 is 2.15 bits per heavy atom. The summed E-state index contributed by atoms with van der Waals surface area (Å²) in [5.41, 5.74) is 2.11. The number of ether oxygens (including phenoxy) is 1. The van der Waals surface area contributed by atoms with Crippen LogP contribution in [0.15, 0.2) is 18.2 Å². The number of benzene rings is 1. The van der Waals surface area contributed by atoms with Gasteiger partial charge in [-0.3, -0.25) is 0 Å². The molecule has 0 bridgehead atoms. The van der Waals surface area contributed by atoms with Crippen molar-refractivity contribution in [2.24, 2.45) is 0 Å². The zero-order chi connectivity index (χ0) is 14.8. The van der Waals surface area contributed by atoms with Gasteiger partial charge in [0.2, 0.25) is 0 Å². The first kappa shape index (κ1) is 17.2. The Balaban J connectivity index is 2.72. The summed E-state index contributed by atoms with van der Waals surface area (Å²) < 4.78 is 5.09. The minimum absolute atomic E-state index is 0.0971. The molecular weight excluding hydrogens is 276 g/mol. The third-order valence-corrected chi connectivity index (χ3v) is 3.35. The molecule has 1 aromatic rings. The van der Waals surface area contributed by atoms with Gasteiger partial charge >= 0.3 is 0 Å². The number of halogens is 1. The number of aliphatic hydroxyl groups excluding tert-OH is 1. The van der Waals surface area contributed by atoms with Crippen LogP contribution in [0.5, 0.6) is 0 Å². The first-order valence-corrected chi connectivity index (χ1v) is 7.44. The molecule has 0 unspecified atom stereocenters. The first-order chi connectivity index (χ1) is 9.72. The highest BCUT2D eigenvalue weighted by atomic mass is 35.5. The van der Waals surface area contributed by atoms with Crippen LogP contribution in [0.1, 0.15) is 18.9 Å². The fourth-order valence-corrected chi connectivity index (χ4v) is 2.32. The van der Waals surface area contributed by atoms with Gasteiger partial charge < -0.3 is 20.1 Å². The van der Waals surface area contributed by atoms with Crippen LogP contribution in [0.3, 0.4) is 0 Å². The number of nitrogens with one attached hydrogen (secondary N) is 1. The van der Waals surface area contributed by atoms with Crippen molar-refractivity contribution in [3.63, 3.8) is 0 Å². The number of hydrogen-bond acceptors (Lipinski definition) is 4. The molecule has 0 heterocycles. The Labute approximate surface area is 126 Å². The molecule has 0 saturated heterocycles. The van der Waals surface area contributed by atoms with E-state index >= 15 is 0 Å². The van der Waals surface area contributed by atoms with Gasteiger partial charge in [0.1, 0.15) is 0 Å². The lowest BCUT2D eigenvalue weighted by Crippen LogP contribution is -2.30. The van der Waals surface area contributed by atoms with E-state index in [2.05, 4.69) is 18.3 Å². The van der Waals surface area contributed by atoms with Gasteiger partial charge in [-0.25, -0.2) is 0 Å². The number of methoxy groups -OCH3 is 1. The van der Waals surface area contributed by atoms with E-state index in [-0.39, 0.29) is 6.61 Å². The van der Waals surface area contributed by atoms with Crippen molar-refractivity contribution in [3.05, 3.63) is 28.8 Å². The molecule has 0 saturated carbocycles. The van der Waals surface area contributed by atoms with E-state index in [4.69, 9.17) is 21.4 Å². The van der Waals surface area contributed by atoms with Crippen LogP contribution in [0.4, 0.5) is 5.69 Å². The summed E-state index contributed by atoms with van der Waals surface area (Å²) in [4.78, 5) is 2.04. The SMILES string of the molecule is CCCNCc1ccc(N(CCO)CCOC)c(Cl)c1. The monoisotopic (exact) mass is 300 g/mol. The molecule has 0 fully saturated rings. The Morgan fingerprint density at radius 3 is 2.75 bits per heavy atom. The largest absolute Gasteiger partial charge is 0.395 e. The summed E-state index contributed by atoms with van der Waals surface area (Å²) in [6, 6.07) is 6.06. The predicted molar refractivity (Wildman–Crippen MR) is 84.6 cm³/mol. The van der Waals surface area contributed by atoms with E-state index < -0.39 is 0 Å². The average Bonchev–Trinajstić information content (AvgIpc) is 2.44. The fourth-order valence-electron chi connectivity index (χ4n) is 2.00. The molecule has 0 aliphatic heterocycles. The summed E-state index contributed by atoms with van der Waals surface area (Å²) in [5, 5.41) is 13.2. The number of nitrogens with zero attached hydrogens (tertiary/aromatic N) is 1. The summed E-state index contributed by atoms with van der Waals surface area (Å²) in [6.45, 7) is 5.94. The standard InChI is InChI=1S/C15H25ClN2O2/c1-3-6-17-12-13-4-5-15(14(16)11-13)18(7-9-19)8-10-20-2/h4-5,11,17,19H,3,6-10,12H2,1-2H3. The van der Waals surface area contributed by atoms with Gasteiger partial charge in [0.25, 0.3) is 0 Å². The van der Waals surface area contributed by atoms with Gasteiger partial charge in [0.05, 0.1) is 23.9 Å². The topological polar surface area (TPSA) is 44.7 Å². The van der Waals surface area contributed by atoms with E-state index in [1.54, 1.807) is 7.11 Å². The molecule has 0 amide bonds. The van der Waals surface area contributed by atoms with Gasteiger partial charge in [0, 0.05) is 26.7 Å². The van der Waals surface area contributed by atoms with E-state index in [1.807, 2.05) is 17.0 Å². The molecule has 20 heavy (non-hydrogen) atoms. The lowest BCUT2D eigenvalue weighted by molar-refractivity contribution is 0.203. The maximum absolute atomic E-state index is 9.15. The zero-order valence-corrected chi connectivity index (χ0v) is 13.1. The van der Waals surface area contributed by atoms with Gasteiger partial charge in [0.15, 0.2) is 0 Å². The number of aliphatic hydroxyl groups is 1. The first-order valence-electron chi connectivity index (χ1n) is 7.06. The molecular formula is C15H25ClN2O2. The fraction of sp³-hybridized carbons (Fsp3) is 0.600. The lowest BCUT2D eigenvalue weighted by Gasteiger charge is -2.25. The smallest absolute Gasteiger partial charge is 0.0642 e. The molecule has 114 valence electrons.